The molecule has 2 rings (SSSR count). The van der Waals surface area contributed by atoms with Crippen LogP contribution < -0.4 is 5.32 Å². The van der Waals surface area contributed by atoms with Gasteiger partial charge in [-0.05, 0) is 42.3 Å². The predicted molar refractivity (Wildman–Crippen MR) is 79.6 cm³/mol. The van der Waals surface area contributed by atoms with E-state index >= 15 is 0 Å². The molecule has 0 saturated heterocycles. The van der Waals surface area contributed by atoms with Crippen molar-refractivity contribution in [3.63, 3.8) is 0 Å². The molecule has 0 unspecified atom stereocenters. The van der Waals surface area contributed by atoms with Crippen molar-refractivity contribution in [3.8, 4) is 0 Å². The molecule has 4 heteroatoms. The fraction of sp³-hybridized carbons (Fsp3) is 0.235. The van der Waals surface area contributed by atoms with Gasteiger partial charge in [0.1, 0.15) is 5.82 Å². The van der Waals surface area contributed by atoms with Gasteiger partial charge in [0.25, 0.3) is 0 Å². The fourth-order valence-electron chi connectivity index (χ4n) is 2.13. The molecule has 0 fully saturated rings. The van der Waals surface area contributed by atoms with Crippen LogP contribution in [0.3, 0.4) is 0 Å². The van der Waals surface area contributed by atoms with Crippen molar-refractivity contribution in [2.24, 2.45) is 0 Å². The standard InChI is InChI=1S/C17H18FNO2/c1-21-17(20)16-8-3-2-6-14(16)12-19-10-9-13-5-4-7-15(18)11-13/h2-8,11,19H,9-10,12H2,1H3. The molecule has 2 aromatic rings. The first kappa shape index (κ1) is 15.2. The van der Waals surface area contributed by atoms with Crippen LogP contribution in [0.2, 0.25) is 0 Å². The minimum absolute atomic E-state index is 0.219. The van der Waals surface area contributed by atoms with Crippen molar-refractivity contribution >= 4 is 5.97 Å². The average Bonchev–Trinajstić information content (AvgIpc) is 2.51. The molecule has 0 spiro atoms. The summed E-state index contributed by atoms with van der Waals surface area (Å²) in [5, 5.41) is 3.26. The number of ether oxygens (including phenoxy) is 1. The van der Waals surface area contributed by atoms with Gasteiger partial charge in [-0.15, -0.1) is 0 Å². The summed E-state index contributed by atoms with van der Waals surface area (Å²) < 4.78 is 17.8. The topological polar surface area (TPSA) is 38.3 Å². The van der Waals surface area contributed by atoms with E-state index in [1.54, 1.807) is 12.1 Å². The van der Waals surface area contributed by atoms with Crippen molar-refractivity contribution in [1.82, 2.24) is 5.32 Å². The van der Waals surface area contributed by atoms with Crippen LogP contribution in [0.15, 0.2) is 48.5 Å². The van der Waals surface area contributed by atoms with Crippen LogP contribution in [0, 0.1) is 5.82 Å². The predicted octanol–water partition coefficient (Wildman–Crippen LogP) is 2.94. The van der Waals surface area contributed by atoms with Crippen LogP contribution in [0.25, 0.3) is 0 Å². The maximum Gasteiger partial charge on any atom is 0.338 e. The Labute approximate surface area is 123 Å². The molecule has 0 aliphatic carbocycles. The van der Waals surface area contributed by atoms with E-state index in [0.29, 0.717) is 18.7 Å². The number of hydrogen-bond acceptors (Lipinski definition) is 3. The maximum absolute atomic E-state index is 13.1. The molecule has 3 nitrogen and oxygen atoms in total. The molecule has 0 aromatic heterocycles. The lowest BCUT2D eigenvalue weighted by Gasteiger charge is -2.09. The van der Waals surface area contributed by atoms with Gasteiger partial charge in [0.15, 0.2) is 0 Å². The normalized spacial score (nSPS) is 10.4. The summed E-state index contributed by atoms with van der Waals surface area (Å²) in [6.07, 6.45) is 0.734. The number of nitrogens with one attached hydrogen (secondary N) is 1. The van der Waals surface area contributed by atoms with E-state index in [4.69, 9.17) is 4.74 Å². The van der Waals surface area contributed by atoms with Gasteiger partial charge in [0.05, 0.1) is 12.7 Å². The summed E-state index contributed by atoms with van der Waals surface area (Å²) in [6, 6.07) is 13.9. The minimum Gasteiger partial charge on any atom is -0.465 e. The monoisotopic (exact) mass is 287 g/mol. The second-order valence-corrected chi connectivity index (χ2v) is 4.71. The Bertz CT molecular complexity index is 613. The van der Waals surface area contributed by atoms with Crippen LogP contribution in [-0.2, 0) is 17.7 Å². The summed E-state index contributed by atoms with van der Waals surface area (Å²) in [6.45, 7) is 1.28. The lowest BCUT2D eigenvalue weighted by atomic mass is 10.1. The number of carbonyl (C=O) groups is 1. The van der Waals surface area contributed by atoms with Gasteiger partial charge in [-0.3, -0.25) is 0 Å². The number of esters is 1. The first-order valence-electron chi connectivity index (χ1n) is 6.82. The summed E-state index contributed by atoms with van der Waals surface area (Å²) in [5.74, 6) is -0.555. The average molecular weight is 287 g/mol. The van der Waals surface area contributed by atoms with E-state index in [0.717, 1.165) is 17.5 Å². The lowest BCUT2D eigenvalue weighted by molar-refractivity contribution is 0.0599. The zero-order valence-corrected chi connectivity index (χ0v) is 11.9. The third-order valence-electron chi connectivity index (χ3n) is 3.22. The highest BCUT2D eigenvalue weighted by molar-refractivity contribution is 5.90. The van der Waals surface area contributed by atoms with Crippen LogP contribution in [-0.4, -0.2) is 19.6 Å². The van der Waals surface area contributed by atoms with Crippen LogP contribution in [0.1, 0.15) is 21.5 Å². The molecular formula is C17H18FNO2. The van der Waals surface area contributed by atoms with Crippen LogP contribution >= 0.6 is 0 Å². The molecule has 0 bridgehead atoms. The largest absolute Gasteiger partial charge is 0.465 e. The molecule has 0 saturated carbocycles. The van der Waals surface area contributed by atoms with Crippen molar-refractivity contribution in [3.05, 3.63) is 71.0 Å². The van der Waals surface area contributed by atoms with Gasteiger partial charge in [0, 0.05) is 6.54 Å². The molecule has 110 valence electrons. The summed E-state index contributed by atoms with van der Waals surface area (Å²) in [7, 11) is 1.37. The molecule has 0 atom stereocenters. The van der Waals surface area contributed by atoms with E-state index in [9.17, 15) is 9.18 Å². The van der Waals surface area contributed by atoms with Gasteiger partial charge < -0.3 is 10.1 Å². The molecule has 2 aromatic carbocycles. The lowest BCUT2D eigenvalue weighted by Crippen LogP contribution is -2.19. The van der Waals surface area contributed by atoms with Crippen molar-refractivity contribution in [2.45, 2.75) is 13.0 Å². The Morgan fingerprint density at radius 2 is 2.00 bits per heavy atom. The SMILES string of the molecule is COC(=O)c1ccccc1CNCCc1cccc(F)c1. The molecule has 0 aliphatic heterocycles. The first-order valence-corrected chi connectivity index (χ1v) is 6.82. The summed E-state index contributed by atoms with van der Waals surface area (Å²) >= 11 is 0. The third kappa shape index (κ3) is 4.39. The number of rotatable bonds is 6. The van der Waals surface area contributed by atoms with Crippen LogP contribution in [0.5, 0.6) is 0 Å². The van der Waals surface area contributed by atoms with Crippen molar-refractivity contribution < 1.29 is 13.9 Å². The zero-order chi connectivity index (χ0) is 15.1. The second kappa shape index (κ2) is 7.55. The Morgan fingerprint density at radius 3 is 2.76 bits per heavy atom. The number of halogens is 1. The van der Waals surface area contributed by atoms with Gasteiger partial charge in [-0.2, -0.15) is 0 Å². The fourth-order valence-corrected chi connectivity index (χ4v) is 2.13. The molecule has 0 amide bonds. The Kier molecular flexibility index (Phi) is 5.46. The van der Waals surface area contributed by atoms with E-state index in [1.165, 1.54) is 19.2 Å². The minimum atomic E-state index is -0.336. The molecule has 0 aliphatic rings. The van der Waals surface area contributed by atoms with Gasteiger partial charge in [-0.1, -0.05) is 30.3 Å². The van der Waals surface area contributed by atoms with Gasteiger partial charge >= 0.3 is 5.97 Å². The van der Waals surface area contributed by atoms with Gasteiger partial charge in [0.2, 0.25) is 0 Å². The zero-order valence-electron chi connectivity index (χ0n) is 11.9. The van der Waals surface area contributed by atoms with E-state index < -0.39 is 0 Å². The summed E-state index contributed by atoms with van der Waals surface area (Å²) in [4.78, 5) is 11.6. The maximum atomic E-state index is 13.1. The van der Waals surface area contributed by atoms with Crippen molar-refractivity contribution in [1.29, 1.82) is 0 Å². The highest BCUT2D eigenvalue weighted by Crippen LogP contribution is 2.10. The van der Waals surface area contributed by atoms with E-state index in [-0.39, 0.29) is 11.8 Å². The molecular weight excluding hydrogens is 269 g/mol. The molecule has 1 N–H and O–H groups in total. The quantitative estimate of drug-likeness (QED) is 0.656. The third-order valence-corrected chi connectivity index (χ3v) is 3.22. The number of benzene rings is 2. The van der Waals surface area contributed by atoms with Crippen LogP contribution in [0.4, 0.5) is 4.39 Å². The van der Waals surface area contributed by atoms with Crippen molar-refractivity contribution in [2.75, 3.05) is 13.7 Å². The summed E-state index contributed by atoms with van der Waals surface area (Å²) in [5.41, 5.74) is 2.41. The van der Waals surface area contributed by atoms with E-state index in [1.807, 2.05) is 24.3 Å². The molecule has 0 radical (unpaired) electrons. The molecule has 0 heterocycles. The molecule has 21 heavy (non-hydrogen) atoms. The van der Waals surface area contributed by atoms with Gasteiger partial charge in [-0.25, -0.2) is 9.18 Å². The first-order chi connectivity index (χ1) is 10.2. The highest BCUT2D eigenvalue weighted by atomic mass is 19.1. The Morgan fingerprint density at radius 1 is 1.19 bits per heavy atom. The Balaban J connectivity index is 1.88. The number of hydrogen-bond donors (Lipinski definition) is 1. The smallest absolute Gasteiger partial charge is 0.338 e. The number of methoxy groups -OCH3 is 1. The number of carbonyl (C=O) groups excluding carboxylic acids is 1. The highest BCUT2D eigenvalue weighted by Gasteiger charge is 2.10. The Hall–Kier alpha value is -2.20. The van der Waals surface area contributed by atoms with E-state index in [2.05, 4.69) is 5.32 Å². The second-order valence-electron chi connectivity index (χ2n) is 4.71.